The van der Waals surface area contributed by atoms with Crippen LogP contribution in [0.15, 0.2) is 36.4 Å². The van der Waals surface area contributed by atoms with Gasteiger partial charge >= 0.3 is 0 Å². The lowest BCUT2D eigenvalue weighted by atomic mass is 10.2. The van der Waals surface area contributed by atoms with Crippen LogP contribution in [0.4, 0.5) is 0 Å². The summed E-state index contributed by atoms with van der Waals surface area (Å²) in [7, 11) is 1.51. The first-order chi connectivity index (χ1) is 9.63. The van der Waals surface area contributed by atoms with Crippen molar-refractivity contribution in [1.82, 2.24) is 0 Å². The van der Waals surface area contributed by atoms with E-state index in [1.165, 1.54) is 7.11 Å². The highest BCUT2D eigenvalue weighted by molar-refractivity contribution is 14.1. The largest absolute Gasteiger partial charge is 0.493 e. The standard InChI is InChI=1S/C15H12ClIO3/c1-19-14-7-11(8-18)6-13(16)15(14)20-9-10-3-2-4-12(17)5-10/h2-8H,9H2,1H3. The Morgan fingerprint density at radius 3 is 2.75 bits per heavy atom. The van der Waals surface area contributed by atoms with Crippen LogP contribution >= 0.6 is 34.2 Å². The maximum atomic E-state index is 10.8. The molecule has 0 saturated carbocycles. The number of carbonyl (C=O) groups excluding carboxylic acids is 1. The minimum atomic E-state index is 0.358. The Kier molecular flexibility index (Phi) is 5.25. The smallest absolute Gasteiger partial charge is 0.180 e. The van der Waals surface area contributed by atoms with Crippen LogP contribution in [0.1, 0.15) is 15.9 Å². The molecule has 5 heteroatoms. The molecule has 0 aliphatic carbocycles. The van der Waals surface area contributed by atoms with Crippen molar-refractivity contribution >= 4 is 40.5 Å². The number of halogens is 2. The quantitative estimate of drug-likeness (QED) is 0.551. The first kappa shape index (κ1) is 15.1. The molecule has 0 aliphatic heterocycles. The molecule has 3 nitrogen and oxygen atoms in total. The molecule has 0 saturated heterocycles. The second-order valence-corrected chi connectivity index (χ2v) is 5.72. The van der Waals surface area contributed by atoms with Crippen LogP contribution in [-0.4, -0.2) is 13.4 Å². The van der Waals surface area contributed by atoms with Crippen LogP contribution in [0.2, 0.25) is 5.02 Å². The number of carbonyl (C=O) groups is 1. The Balaban J connectivity index is 2.22. The molecule has 0 N–H and O–H groups in total. The minimum Gasteiger partial charge on any atom is -0.493 e. The van der Waals surface area contributed by atoms with Gasteiger partial charge in [-0.3, -0.25) is 4.79 Å². The molecule has 0 heterocycles. The number of hydrogen-bond donors (Lipinski definition) is 0. The van der Waals surface area contributed by atoms with E-state index in [4.69, 9.17) is 21.1 Å². The lowest BCUT2D eigenvalue weighted by Crippen LogP contribution is -1.99. The van der Waals surface area contributed by atoms with Crippen molar-refractivity contribution in [3.63, 3.8) is 0 Å². The van der Waals surface area contributed by atoms with Gasteiger partial charge in [0.1, 0.15) is 12.9 Å². The van der Waals surface area contributed by atoms with E-state index in [1.807, 2.05) is 24.3 Å². The fourth-order valence-electron chi connectivity index (χ4n) is 1.73. The van der Waals surface area contributed by atoms with E-state index < -0.39 is 0 Å². The number of benzene rings is 2. The molecular weight excluding hydrogens is 391 g/mol. The summed E-state index contributed by atoms with van der Waals surface area (Å²) in [6.45, 7) is 0.382. The summed E-state index contributed by atoms with van der Waals surface area (Å²) in [6.07, 6.45) is 0.720. The molecule has 0 unspecified atom stereocenters. The Bertz CT molecular complexity index is 629. The predicted octanol–water partition coefficient (Wildman–Crippen LogP) is 4.34. The molecule has 0 radical (unpaired) electrons. The summed E-state index contributed by atoms with van der Waals surface area (Å²) in [5.41, 5.74) is 1.49. The molecule has 104 valence electrons. The molecule has 0 fully saturated rings. The second-order valence-electron chi connectivity index (χ2n) is 4.07. The number of rotatable bonds is 5. The highest BCUT2D eigenvalue weighted by Crippen LogP contribution is 2.36. The molecule has 0 aromatic heterocycles. The van der Waals surface area contributed by atoms with Gasteiger partial charge in [0.25, 0.3) is 0 Å². The van der Waals surface area contributed by atoms with Crippen molar-refractivity contribution in [3.05, 3.63) is 56.1 Å². The van der Waals surface area contributed by atoms with Gasteiger partial charge < -0.3 is 9.47 Å². The maximum Gasteiger partial charge on any atom is 0.180 e. The third-order valence-corrected chi connectivity index (χ3v) is 3.61. The summed E-state index contributed by atoms with van der Waals surface area (Å²) in [4.78, 5) is 10.8. The lowest BCUT2D eigenvalue weighted by molar-refractivity contribution is 0.112. The van der Waals surface area contributed by atoms with Crippen molar-refractivity contribution in [2.75, 3.05) is 7.11 Å². The molecule has 2 rings (SSSR count). The average molecular weight is 403 g/mol. The van der Waals surface area contributed by atoms with Crippen molar-refractivity contribution in [2.24, 2.45) is 0 Å². The maximum absolute atomic E-state index is 10.8. The third kappa shape index (κ3) is 3.64. The highest BCUT2D eigenvalue weighted by atomic mass is 127. The summed E-state index contributed by atoms with van der Waals surface area (Å²) < 4.78 is 12.1. The topological polar surface area (TPSA) is 35.5 Å². The molecule has 2 aromatic rings. The van der Waals surface area contributed by atoms with Gasteiger partial charge in [0.05, 0.1) is 12.1 Å². The van der Waals surface area contributed by atoms with Crippen molar-refractivity contribution in [1.29, 1.82) is 0 Å². The van der Waals surface area contributed by atoms with Crippen LogP contribution in [0, 0.1) is 3.57 Å². The summed E-state index contributed by atoms with van der Waals surface area (Å²) in [5, 5.41) is 0.358. The number of ether oxygens (including phenoxy) is 2. The van der Waals surface area contributed by atoms with Gasteiger partial charge in [-0.05, 0) is 52.4 Å². The van der Waals surface area contributed by atoms with Crippen molar-refractivity contribution in [3.8, 4) is 11.5 Å². The molecule has 0 bridgehead atoms. The second kappa shape index (κ2) is 6.95. The minimum absolute atomic E-state index is 0.358. The van der Waals surface area contributed by atoms with Gasteiger partial charge in [-0.25, -0.2) is 0 Å². The Morgan fingerprint density at radius 2 is 2.10 bits per heavy atom. The first-order valence-electron chi connectivity index (χ1n) is 5.84. The molecule has 0 aliphatic rings. The zero-order valence-electron chi connectivity index (χ0n) is 10.7. The molecule has 0 amide bonds. The predicted molar refractivity (Wildman–Crippen MR) is 86.9 cm³/mol. The highest BCUT2D eigenvalue weighted by Gasteiger charge is 2.12. The molecule has 2 aromatic carbocycles. The van der Waals surface area contributed by atoms with Crippen LogP contribution in [0.25, 0.3) is 0 Å². The average Bonchev–Trinajstić information content (AvgIpc) is 2.45. The van der Waals surface area contributed by atoms with E-state index >= 15 is 0 Å². The van der Waals surface area contributed by atoms with Gasteiger partial charge in [0.15, 0.2) is 11.5 Å². The van der Waals surface area contributed by atoms with Gasteiger partial charge in [-0.2, -0.15) is 0 Å². The van der Waals surface area contributed by atoms with Crippen molar-refractivity contribution in [2.45, 2.75) is 6.61 Å². The molecule has 0 spiro atoms. The number of aldehydes is 1. The Hall–Kier alpha value is -1.27. The van der Waals surface area contributed by atoms with Gasteiger partial charge in [0, 0.05) is 9.13 Å². The third-order valence-electron chi connectivity index (χ3n) is 2.66. The fraction of sp³-hybridized carbons (Fsp3) is 0.133. The SMILES string of the molecule is COc1cc(C=O)cc(Cl)c1OCc1cccc(I)c1. The van der Waals surface area contributed by atoms with E-state index in [1.54, 1.807) is 12.1 Å². The van der Waals surface area contributed by atoms with E-state index in [9.17, 15) is 4.79 Å². The monoisotopic (exact) mass is 402 g/mol. The van der Waals surface area contributed by atoms with E-state index in [0.717, 1.165) is 15.4 Å². The van der Waals surface area contributed by atoms with E-state index in [0.29, 0.717) is 28.7 Å². The Labute approximate surface area is 136 Å². The summed E-state index contributed by atoms with van der Waals surface area (Å²) >= 11 is 8.37. The van der Waals surface area contributed by atoms with Crippen molar-refractivity contribution < 1.29 is 14.3 Å². The van der Waals surface area contributed by atoms with Crippen LogP contribution in [-0.2, 0) is 6.61 Å². The fourth-order valence-corrected chi connectivity index (χ4v) is 2.61. The van der Waals surface area contributed by atoms with Gasteiger partial charge in [0.2, 0.25) is 0 Å². The van der Waals surface area contributed by atoms with E-state index in [2.05, 4.69) is 22.6 Å². The van der Waals surface area contributed by atoms with E-state index in [-0.39, 0.29) is 0 Å². The molecule has 0 atom stereocenters. The van der Waals surface area contributed by atoms with Crippen LogP contribution in [0.3, 0.4) is 0 Å². The molecular formula is C15H12ClIO3. The summed E-state index contributed by atoms with van der Waals surface area (Å²) in [6, 6.07) is 11.1. The zero-order valence-corrected chi connectivity index (χ0v) is 13.6. The first-order valence-corrected chi connectivity index (χ1v) is 7.29. The van der Waals surface area contributed by atoms with Gasteiger partial charge in [-0.1, -0.05) is 23.7 Å². The van der Waals surface area contributed by atoms with Crippen LogP contribution in [0.5, 0.6) is 11.5 Å². The number of methoxy groups -OCH3 is 1. The van der Waals surface area contributed by atoms with Gasteiger partial charge in [-0.15, -0.1) is 0 Å². The summed E-state index contributed by atoms with van der Waals surface area (Å²) in [5.74, 6) is 0.892. The number of hydrogen-bond acceptors (Lipinski definition) is 3. The Morgan fingerprint density at radius 1 is 1.30 bits per heavy atom. The lowest BCUT2D eigenvalue weighted by Gasteiger charge is -2.13. The van der Waals surface area contributed by atoms with Crippen LogP contribution < -0.4 is 9.47 Å². The normalized spacial score (nSPS) is 10.2. The zero-order chi connectivity index (χ0) is 14.5. The molecule has 20 heavy (non-hydrogen) atoms.